The van der Waals surface area contributed by atoms with E-state index >= 15 is 0 Å². The molecule has 5 heteroatoms. The van der Waals surface area contributed by atoms with Crippen molar-refractivity contribution in [1.29, 1.82) is 0 Å². The van der Waals surface area contributed by atoms with Crippen LogP contribution in [0.25, 0.3) is 0 Å². The molecule has 0 unspecified atom stereocenters. The normalized spacial score (nSPS) is 17.7. The number of esters is 1. The number of rotatable bonds is 14. The van der Waals surface area contributed by atoms with Gasteiger partial charge in [-0.15, -0.1) is 0 Å². The molecule has 1 aliphatic carbocycles. The molecule has 192 valence electrons. The van der Waals surface area contributed by atoms with Crippen LogP contribution in [0.1, 0.15) is 94.8 Å². The van der Waals surface area contributed by atoms with Crippen LogP contribution in [-0.4, -0.2) is 19.2 Å². The summed E-state index contributed by atoms with van der Waals surface area (Å²) in [4.78, 5) is 12.4. The molecule has 1 aliphatic rings. The van der Waals surface area contributed by atoms with Crippen molar-refractivity contribution in [3.8, 4) is 17.2 Å². The Morgan fingerprint density at radius 1 is 0.800 bits per heavy atom. The molecule has 35 heavy (non-hydrogen) atoms. The molecule has 0 N–H and O–H groups in total. The first-order valence-electron chi connectivity index (χ1n) is 13.5. The Balaban J connectivity index is 1.34. The Hall–Kier alpha value is -2.56. The fourth-order valence-corrected chi connectivity index (χ4v) is 4.78. The SMILES string of the molecule is CCCCCC1CCC(CCCOc2ccc(OC(=O)c3ccc(OCCC)c(F)c3)cc2)CC1. The molecule has 2 aromatic carbocycles. The molecule has 1 fully saturated rings. The third-order valence-corrected chi connectivity index (χ3v) is 6.87. The maximum Gasteiger partial charge on any atom is 0.343 e. The van der Waals surface area contributed by atoms with Crippen LogP contribution in [0.2, 0.25) is 0 Å². The van der Waals surface area contributed by atoms with E-state index in [1.807, 2.05) is 6.92 Å². The van der Waals surface area contributed by atoms with Crippen LogP contribution in [-0.2, 0) is 0 Å². The molecule has 3 rings (SSSR count). The summed E-state index contributed by atoms with van der Waals surface area (Å²) in [7, 11) is 0. The standard InChI is InChI=1S/C30H41FO4/c1-3-5-6-8-23-10-12-24(13-11-23)9-7-21-33-26-15-17-27(18-16-26)35-30(32)25-14-19-29(28(31)22-25)34-20-4-2/h14-19,22-24H,3-13,20-21H2,1-2H3. The average molecular weight is 485 g/mol. The monoisotopic (exact) mass is 484 g/mol. The largest absolute Gasteiger partial charge is 0.494 e. The quantitative estimate of drug-likeness (QED) is 0.153. The highest BCUT2D eigenvalue weighted by atomic mass is 19.1. The number of hydrogen-bond acceptors (Lipinski definition) is 4. The lowest BCUT2D eigenvalue weighted by molar-refractivity contribution is 0.0734. The van der Waals surface area contributed by atoms with Gasteiger partial charge in [-0.05, 0) is 73.6 Å². The summed E-state index contributed by atoms with van der Waals surface area (Å²) in [5.74, 6) is 1.91. The zero-order valence-corrected chi connectivity index (χ0v) is 21.4. The van der Waals surface area contributed by atoms with Crippen molar-refractivity contribution < 1.29 is 23.4 Å². The van der Waals surface area contributed by atoms with Gasteiger partial charge in [0.25, 0.3) is 0 Å². The lowest BCUT2D eigenvalue weighted by atomic mass is 9.78. The van der Waals surface area contributed by atoms with E-state index in [9.17, 15) is 9.18 Å². The van der Waals surface area contributed by atoms with E-state index in [1.54, 1.807) is 24.3 Å². The fourth-order valence-electron chi connectivity index (χ4n) is 4.78. The van der Waals surface area contributed by atoms with Crippen LogP contribution in [0.4, 0.5) is 4.39 Å². The van der Waals surface area contributed by atoms with Gasteiger partial charge in [-0.1, -0.05) is 65.2 Å². The van der Waals surface area contributed by atoms with Crippen molar-refractivity contribution in [3.05, 3.63) is 53.8 Å². The van der Waals surface area contributed by atoms with E-state index in [-0.39, 0.29) is 11.3 Å². The number of carbonyl (C=O) groups excluding carboxylic acids is 1. The number of carbonyl (C=O) groups is 1. The lowest BCUT2D eigenvalue weighted by Crippen LogP contribution is -2.15. The minimum absolute atomic E-state index is 0.139. The first-order valence-corrected chi connectivity index (χ1v) is 13.5. The van der Waals surface area contributed by atoms with Crippen molar-refractivity contribution in [2.24, 2.45) is 11.8 Å². The summed E-state index contributed by atoms with van der Waals surface area (Å²) in [6.07, 6.45) is 14.1. The molecule has 0 spiro atoms. The van der Waals surface area contributed by atoms with Gasteiger partial charge in [0.2, 0.25) is 0 Å². The Morgan fingerprint density at radius 3 is 2.09 bits per heavy atom. The van der Waals surface area contributed by atoms with Gasteiger partial charge in [-0.25, -0.2) is 9.18 Å². The van der Waals surface area contributed by atoms with Gasteiger partial charge >= 0.3 is 5.97 Å². The number of hydrogen-bond donors (Lipinski definition) is 0. The maximum absolute atomic E-state index is 14.1. The summed E-state index contributed by atoms with van der Waals surface area (Å²) in [5.41, 5.74) is 0.140. The van der Waals surface area contributed by atoms with Gasteiger partial charge in [0, 0.05) is 0 Å². The summed E-state index contributed by atoms with van der Waals surface area (Å²) in [5, 5.41) is 0. The van der Waals surface area contributed by atoms with Crippen molar-refractivity contribution >= 4 is 5.97 Å². The molecule has 0 aliphatic heterocycles. The Labute approximate surface area is 210 Å². The summed E-state index contributed by atoms with van der Waals surface area (Å²) >= 11 is 0. The smallest absolute Gasteiger partial charge is 0.343 e. The first-order chi connectivity index (χ1) is 17.1. The van der Waals surface area contributed by atoms with Gasteiger partial charge in [0.15, 0.2) is 11.6 Å². The summed E-state index contributed by atoms with van der Waals surface area (Å²) < 4.78 is 30.7. The first kappa shape index (κ1) is 27.0. The van der Waals surface area contributed by atoms with E-state index in [0.29, 0.717) is 19.0 Å². The Bertz CT molecular complexity index is 888. The molecule has 0 aromatic heterocycles. The molecule has 0 heterocycles. The van der Waals surface area contributed by atoms with Gasteiger partial charge in [0.1, 0.15) is 11.5 Å². The number of benzene rings is 2. The number of ether oxygens (including phenoxy) is 3. The minimum atomic E-state index is -0.611. The third kappa shape index (κ3) is 9.19. The summed E-state index contributed by atoms with van der Waals surface area (Å²) in [6, 6.07) is 11.1. The zero-order chi connectivity index (χ0) is 24.9. The van der Waals surface area contributed by atoms with Crippen LogP contribution in [0.3, 0.4) is 0 Å². The van der Waals surface area contributed by atoms with Gasteiger partial charge < -0.3 is 14.2 Å². The topological polar surface area (TPSA) is 44.8 Å². The van der Waals surface area contributed by atoms with Crippen molar-refractivity contribution in [3.63, 3.8) is 0 Å². The molecule has 0 amide bonds. The van der Waals surface area contributed by atoms with Crippen molar-refractivity contribution in [2.45, 2.75) is 84.5 Å². The zero-order valence-electron chi connectivity index (χ0n) is 21.4. The van der Waals surface area contributed by atoms with Crippen molar-refractivity contribution in [1.82, 2.24) is 0 Å². The fraction of sp³-hybridized carbons (Fsp3) is 0.567. The molecular weight excluding hydrogens is 443 g/mol. The molecule has 0 atom stereocenters. The molecule has 2 aromatic rings. The Morgan fingerprint density at radius 2 is 1.46 bits per heavy atom. The van der Waals surface area contributed by atoms with Gasteiger partial charge in [-0.3, -0.25) is 0 Å². The van der Waals surface area contributed by atoms with Crippen LogP contribution in [0.15, 0.2) is 42.5 Å². The van der Waals surface area contributed by atoms with Gasteiger partial charge in [-0.2, -0.15) is 0 Å². The van der Waals surface area contributed by atoms with Crippen LogP contribution in [0.5, 0.6) is 17.2 Å². The maximum atomic E-state index is 14.1. The number of unbranched alkanes of at least 4 members (excludes halogenated alkanes) is 2. The second-order valence-electron chi connectivity index (χ2n) is 9.73. The summed E-state index contributed by atoms with van der Waals surface area (Å²) in [6.45, 7) is 5.34. The molecule has 0 saturated heterocycles. The molecule has 0 bridgehead atoms. The van der Waals surface area contributed by atoms with E-state index < -0.39 is 11.8 Å². The number of halogens is 1. The minimum Gasteiger partial charge on any atom is -0.494 e. The highest BCUT2D eigenvalue weighted by Gasteiger charge is 2.20. The van der Waals surface area contributed by atoms with Crippen LogP contribution >= 0.6 is 0 Å². The van der Waals surface area contributed by atoms with E-state index in [2.05, 4.69) is 6.92 Å². The predicted octanol–water partition coefficient (Wildman–Crippen LogP) is 8.38. The van der Waals surface area contributed by atoms with Crippen LogP contribution in [0, 0.1) is 17.7 Å². The lowest BCUT2D eigenvalue weighted by Gasteiger charge is -2.28. The second-order valence-corrected chi connectivity index (χ2v) is 9.73. The predicted molar refractivity (Wildman–Crippen MR) is 138 cm³/mol. The highest BCUT2D eigenvalue weighted by Crippen LogP contribution is 2.34. The molecular formula is C30H41FO4. The van der Waals surface area contributed by atoms with E-state index in [4.69, 9.17) is 14.2 Å². The highest BCUT2D eigenvalue weighted by molar-refractivity contribution is 5.91. The molecule has 1 saturated carbocycles. The third-order valence-electron chi connectivity index (χ3n) is 6.87. The van der Waals surface area contributed by atoms with Gasteiger partial charge in [0.05, 0.1) is 18.8 Å². The van der Waals surface area contributed by atoms with E-state index in [1.165, 1.54) is 69.9 Å². The molecule has 0 radical (unpaired) electrons. The average Bonchev–Trinajstić information content (AvgIpc) is 2.88. The second kappa shape index (κ2) is 14.8. The van der Waals surface area contributed by atoms with E-state index in [0.717, 1.165) is 36.5 Å². The van der Waals surface area contributed by atoms with Crippen LogP contribution < -0.4 is 14.2 Å². The molecule has 4 nitrogen and oxygen atoms in total. The Kier molecular flexibility index (Phi) is 11.4. The van der Waals surface area contributed by atoms with Crippen molar-refractivity contribution in [2.75, 3.05) is 13.2 Å².